The standard InChI is InChI=1S/C12H24N2O2/c1-9(2)6-14-12(15)7-13-11(8-16-3)10-4-5-10/h9-11,13H,4-8H2,1-3H3,(H,14,15). The molecule has 1 atom stereocenters. The molecule has 1 amide bonds. The number of methoxy groups -OCH3 is 1. The van der Waals surface area contributed by atoms with Crippen LogP contribution in [-0.4, -0.2) is 38.8 Å². The maximum absolute atomic E-state index is 11.5. The summed E-state index contributed by atoms with van der Waals surface area (Å²) < 4.78 is 5.14. The van der Waals surface area contributed by atoms with Crippen LogP contribution in [0.2, 0.25) is 0 Å². The van der Waals surface area contributed by atoms with Crippen LogP contribution < -0.4 is 10.6 Å². The van der Waals surface area contributed by atoms with Crippen LogP contribution >= 0.6 is 0 Å². The number of hydrogen-bond donors (Lipinski definition) is 2. The van der Waals surface area contributed by atoms with Crippen molar-refractivity contribution in [1.82, 2.24) is 10.6 Å². The summed E-state index contributed by atoms with van der Waals surface area (Å²) in [6, 6.07) is 0.342. The fourth-order valence-corrected chi connectivity index (χ4v) is 1.64. The van der Waals surface area contributed by atoms with E-state index in [1.165, 1.54) is 12.8 Å². The van der Waals surface area contributed by atoms with E-state index in [1.54, 1.807) is 7.11 Å². The lowest BCUT2D eigenvalue weighted by atomic mass is 10.2. The Hall–Kier alpha value is -0.610. The summed E-state index contributed by atoms with van der Waals surface area (Å²) >= 11 is 0. The minimum absolute atomic E-state index is 0.0791. The fraction of sp³-hybridized carbons (Fsp3) is 0.917. The summed E-state index contributed by atoms with van der Waals surface area (Å²) in [5, 5.41) is 6.17. The number of carbonyl (C=O) groups is 1. The molecule has 0 saturated heterocycles. The lowest BCUT2D eigenvalue weighted by Crippen LogP contribution is -2.43. The quantitative estimate of drug-likeness (QED) is 0.645. The molecule has 1 aliphatic rings. The van der Waals surface area contributed by atoms with E-state index >= 15 is 0 Å². The van der Waals surface area contributed by atoms with Gasteiger partial charge in [-0.05, 0) is 24.7 Å². The van der Waals surface area contributed by atoms with Crippen molar-refractivity contribution in [2.24, 2.45) is 11.8 Å². The fourth-order valence-electron chi connectivity index (χ4n) is 1.64. The Morgan fingerprint density at radius 1 is 1.44 bits per heavy atom. The topological polar surface area (TPSA) is 50.4 Å². The molecule has 4 nitrogen and oxygen atoms in total. The number of carbonyl (C=O) groups excluding carboxylic acids is 1. The van der Waals surface area contributed by atoms with Gasteiger partial charge in [0.25, 0.3) is 0 Å². The van der Waals surface area contributed by atoms with E-state index in [-0.39, 0.29) is 5.91 Å². The Morgan fingerprint density at radius 3 is 2.62 bits per heavy atom. The predicted octanol–water partition coefficient (Wildman–Crippen LogP) is 0.773. The van der Waals surface area contributed by atoms with Gasteiger partial charge in [0.2, 0.25) is 5.91 Å². The molecule has 4 heteroatoms. The first-order valence-corrected chi connectivity index (χ1v) is 6.12. The van der Waals surface area contributed by atoms with Crippen LogP contribution in [0.15, 0.2) is 0 Å². The van der Waals surface area contributed by atoms with Crippen LogP contribution in [0.25, 0.3) is 0 Å². The Morgan fingerprint density at radius 2 is 2.12 bits per heavy atom. The summed E-state index contributed by atoms with van der Waals surface area (Å²) in [6.07, 6.45) is 2.52. The van der Waals surface area contributed by atoms with Gasteiger partial charge in [-0.3, -0.25) is 4.79 Å². The molecule has 1 unspecified atom stereocenters. The maximum atomic E-state index is 11.5. The second kappa shape index (κ2) is 6.86. The number of amides is 1. The summed E-state index contributed by atoms with van der Waals surface area (Å²) in [7, 11) is 1.70. The zero-order valence-electron chi connectivity index (χ0n) is 10.6. The number of ether oxygens (including phenoxy) is 1. The van der Waals surface area contributed by atoms with Gasteiger partial charge in [-0.15, -0.1) is 0 Å². The second-order valence-electron chi connectivity index (χ2n) is 4.98. The molecule has 1 aliphatic carbocycles. The van der Waals surface area contributed by atoms with Gasteiger partial charge in [-0.25, -0.2) is 0 Å². The van der Waals surface area contributed by atoms with Gasteiger partial charge in [-0.1, -0.05) is 13.8 Å². The summed E-state index contributed by atoms with van der Waals surface area (Å²) in [6.45, 7) is 6.02. The van der Waals surface area contributed by atoms with Crippen molar-refractivity contribution in [3.8, 4) is 0 Å². The first kappa shape index (κ1) is 13.5. The highest BCUT2D eigenvalue weighted by molar-refractivity contribution is 5.78. The first-order valence-electron chi connectivity index (χ1n) is 6.12. The van der Waals surface area contributed by atoms with Crippen molar-refractivity contribution < 1.29 is 9.53 Å². The monoisotopic (exact) mass is 228 g/mol. The molecule has 0 spiro atoms. The molecule has 94 valence electrons. The highest BCUT2D eigenvalue weighted by atomic mass is 16.5. The molecule has 1 saturated carbocycles. The summed E-state index contributed by atoms with van der Waals surface area (Å²) in [4.78, 5) is 11.5. The van der Waals surface area contributed by atoms with Crippen molar-refractivity contribution in [3.05, 3.63) is 0 Å². The van der Waals surface area contributed by atoms with Gasteiger partial charge in [0.1, 0.15) is 0 Å². The minimum Gasteiger partial charge on any atom is -0.383 e. The molecule has 0 heterocycles. The van der Waals surface area contributed by atoms with E-state index in [0.717, 1.165) is 6.54 Å². The first-order chi connectivity index (χ1) is 7.63. The zero-order valence-corrected chi connectivity index (χ0v) is 10.6. The third-order valence-electron chi connectivity index (χ3n) is 2.77. The van der Waals surface area contributed by atoms with Crippen molar-refractivity contribution in [2.75, 3.05) is 26.8 Å². The van der Waals surface area contributed by atoms with E-state index in [0.29, 0.717) is 31.0 Å². The normalized spacial score (nSPS) is 17.5. The Balaban J connectivity index is 2.13. The molecule has 1 fully saturated rings. The molecule has 0 aliphatic heterocycles. The SMILES string of the molecule is COCC(NCC(=O)NCC(C)C)C1CC1. The van der Waals surface area contributed by atoms with Gasteiger partial charge in [0, 0.05) is 19.7 Å². The van der Waals surface area contributed by atoms with E-state index in [2.05, 4.69) is 24.5 Å². The van der Waals surface area contributed by atoms with Crippen LogP contribution in [0, 0.1) is 11.8 Å². The molecule has 0 aromatic carbocycles. The number of nitrogens with one attached hydrogen (secondary N) is 2. The third kappa shape index (κ3) is 5.47. The number of hydrogen-bond acceptors (Lipinski definition) is 3. The van der Waals surface area contributed by atoms with Crippen molar-refractivity contribution in [2.45, 2.75) is 32.7 Å². The molecule has 2 N–H and O–H groups in total. The molecule has 0 radical (unpaired) electrons. The summed E-state index contributed by atoms with van der Waals surface area (Å²) in [5.41, 5.74) is 0. The van der Waals surface area contributed by atoms with Crippen molar-refractivity contribution in [3.63, 3.8) is 0 Å². The van der Waals surface area contributed by atoms with Crippen LogP contribution in [-0.2, 0) is 9.53 Å². The predicted molar refractivity (Wildman–Crippen MR) is 64.2 cm³/mol. The van der Waals surface area contributed by atoms with E-state index < -0.39 is 0 Å². The van der Waals surface area contributed by atoms with Gasteiger partial charge in [0.15, 0.2) is 0 Å². The molecule has 0 bridgehead atoms. The van der Waals surface area contributed by atoms with Crippen molar-refractivity contribution >= 4 is 5.91 Å². The van der Waals surface area contributed by atoms with E-state index in [4.69, 9.17) is 4.74 Å². The number of rotatable bonds is 8. The van der Waals surface area contributed by atoms with Gasteiger partial charge < -0.3 is 15.4 Å². The molecule has 0 aromatic heterocycles. The third-order valence-corrected chi connectivity index (χ3v) is 2.77. The molecule has 1 rings (SSSR count). The molecule has 0 aromatic rings. The Bertz CT molecular complexity index is 215. The zero-order chi connectivity index (χ0) is 12.0. The summed E-state index contributed by atoms with van der Waals surface area (Å²) in [5.74, 6) is 1.29. The van der Waals surface area contributed by atoms with Gasteiger partial charge in [-0.2, -0.15) is 0 Å². The average molecular weight is 228 g/mol. The Labute approximate surface area is 98.1 Å². The van der Waals surface area contributed by atoms with Crippen LogP contribution in [0.1, 0.15) is 26.7 Å². The Kier molecular flexibility index (Phi) is 5.77. The van der Waals surface area contributed by atoms with E-state index in [1.807, 2.05) is 0 Å². The maximum Gasteiger partial charge on any atom is 0.233 e. The lowest BCUT2D eigenvalue weighted by molar-refractivity contribution is -0.120. The van der Waals surface area contributed by atoms with E-state index in [9.17, 15) is 4.79 Å². The molecular formula is C12H24N2O2. The second-order valence-corrected chi connectivity index (χ2v) is 4.98. The van der Waals surface area contributed by atoms with Crippen LogP contribution in [0.5, 0.6) is 0 Å². The van der Waals surface area contributed by atoms with Gasteiger partial charge in [0.05, 0.1) is 13.2 Å². The minimum atomic E-state index is 0.0791. The lowest BCUT2D eigenvalue weighted by Gasteiger charge is -2.17. The average Bonchev–Trinajstić information content (AvgIpc) is 3.04. The van der Waals surface area contributed by atoms with Crippen LogP contribution in [0.3, 0.4) is 0 Å². The van der Waals surface area contributed by atoms with Gasteiger partial charge >= 0.3 is 0 Å². The highest BCUT2D eigenvalue weighted by Gasteiger charge is 2.30. The van der Waals surface area contributed by atoms with Crippen LogP contribution in [0.4, 0.5) is 0 Å². The molecular weight excluding hydrogens is 204 g/mol. The molecule has 16 heavy (non-hydrogen) atoms. The highest BCUT2D eigenvalue weighted by Crippen LogP contribution is 2.32. The van der Waals surface area contributed by atoms with Crippen molar-refractivity contribution in [1.29, 1.82) is 0 Å². The largest absolute Gasteiger partial charge is 0.383 e. The smallest absolute Gasteiger partial charge is 0.233 e.